The number of allylic oxidation sites excluding steroid dienone is 1. The van der Waals surface area contributed by atoms with E-state index < -0.39 is 0 Å². The monoisotopic (exact) mass is 284 g/mol. The van der Waals surface area contributed by atoms with Crippen LogP contribution in [0.4, 0.5) is 0 Å². The molecular formula is C13H13ClOS2. The van der Waals surface area contributed by atoms with Gasteiger partial charge >= 0.3 is 0 Å². The summed E-state index contributed by atoms with van der Waals surface area (Å²) in [5, 5.41) is 0. The molecule has 0 bridgehead atoms. The Balaban J connectivity index is 2.09. The Morgan fingerprint density at radius 2 is 2.18 bits per heavy atom. The van der Waals surface area contributed by atoms with Gasteiger partial charge in [-0.2, -0.15) is 0 Å². The lowest BCUT2D eigenvalue weighted by Crippen LogP contribution is -2.20. The van der Waals surface area contributed by atoms with Crippen LogP contribution in [0.5, 0.6) is 0 Å². The number of alkyl halides is 1. The number of thioether (sulfide) groups is 2. The predicted octanol–water partition coefficient (Wildman–Crippen LogP) is 4.19. The lowest BCUT2D eigenvalue weighted by Gasteiger charge is -2.16. The van der Waals surface area contributed by atoms with Crippen LogP contribution in [0.1, 0.15) is 17.3 Å². The molecule has 1 saturated heterocycles. The van der Waals surface area contributed by atoms with Crippen molar-refractivity contribution < 1.29 is 4.79 Å². The summed E-state index contributed by atoms with van der Waals surface area (Å²) in [6.45, 7) is 2.13. The van der Waals surface area contributed by atoms with Crippen molar-refractivity contribution in [1.82, 2.24) is 0 Å². The van der Waals surface area contributed by atoms with Crippen LogP contribution in [0.25, 0.3) is 0 Å². The van der Waals surface area contributed by atoms with Gasteiger partial charge in [-0.05, 0) is 6.92 Å². The summed E-state index contributed by atoms with van der Waals surface area (Å²) in [6.07, 6.45) is 1.72. The Hall–Kier alpha value is -0.380. The minimum atomic E-state index is 0.0645. The van der Waals surface area contributed by atoms with E-state index in [4.69, 9.17) is 11.6 Å². The van der Waals surface area contributed by atoms with Gasteiger partial charge < -0.3 is 0 Å². The fourth-order valence-corrected chi connectivity index (χ4v) is 4.70. The summed E-state index contributed by atoms with van der Waals surface area (Å²) in [5.74, 6) is 1.65. The molecule has 1 atom stereocenters. The van der Waals surface area contributed by atoms with Crippen LogP contribution in [0.15, 0.2) is 40.6 Å². The molecule has 1 aromatic carbocycles. The molecule has 4 heteroatoms. The quantitative estimate of drug-likeness (QED) is 0.471. The van der Waals surface area contributed by atoms with Crippen LogP contribution in [-0.4, -0.2) is 22.2 Å². The first-order chi connectivity index (χ1) is 8.13. The van der Waals surface area contributed by atoms with Crippen molar-refractivity contribution in [3.05, 3.63) is 46.2 Å². The van der Waals surface area contributed by atoms with Gasteiger partial charge in [0, 0.05) is 32.3 Å². The Kier molecular flexibility index (Phi) is 4.23. The molecule has 0 unspecified atom stereocenters. The standard InChI is InChI=1S/C13H13ClOS2/c1-13(8-14)9-16-12(17-13)7-11(15)10-5-3-2-4-6-10/h2-7H,8-9H2,1H3/b12-7-/t13-/m1/s1. The Labute approximate surface area is 115 Å². The van der Waals surface area contributed by atoms with E-state index in [0.29, 0.717) is 5.88 Å². The van der Waals surface area contributed by atoms with Gasteiger partial charge in [-0.3, -0.25) is 4.79 Å². The zero-order chi connectivity index (χ0) is 12.3. The summed E-state index contributed by atoms with van der Waals surface area (Å²) in [4.78, 5) is 12.0. The van der Waals surface area contributed by atoms with E-state index in [0.717, 1.165) is 15.6 Å². The highest BCUT2D eigenvalue weighted by molar-refractivity contribution is 8.26. The highest BCUT2D eigenvalue weighted by atomic mass is 35.5. The molecule has 0 radical (unpaired) electrons. The number of carbonyl (C=O) groups excluding carboxylic acids is 1. The molecule has 0 N–H and O–H groups in total. The smallest absolute Gasteiger partial charge is 0.187 e. The van der Waals surface area contributed by atoms with Crippen molar-refractivity contribution in [3.63, 3.8) is 0 Å². The highest BCUT2D eigenvalue weighted by Gasteiger charge is 2.32. The molecule has 0 amide bonds. The molecule has 1 aliphatic rings. The fraction of sp³-hybridized carbons (Fsp3) is 0.308. The molecule has 0 spiro atoms. The van der Waals surface area contributed by atoms with Gasteiger partial charge in [0.1, 0.15) is 0 Å². The zero-order valence-electron chi connectivity index (χ0n) is 9.48. The average Bonchev–Trinajstić information content (AvgIpc) is 2.73. The first kappa shape index (κ1) is 13.1. The summed E-state index contributed by atoms with van der Waals surface area (Å²) in [6, 6.07) is 9.34. The number of hydrogen-bond acceptors (Lipinski definition) is 3. The third-order valence-electron chi connectivity index (χ3n) is 2.46. The molecular weight excluding hydrogens is 272 g/mol. The molecule has 17 heavy (non-hydrogen) atoms. The van der Waals surface area contributed by atoms with Crippen LogP contribution < -0.4 is 0 Å². The number of halogens is 1. The number of rotatable bonds is 3. The number of hydrogen-bond donors (Lipinski definition) is 0. The summed E-state index contributed by atoms with van der Waals surface area (Å²) in [5.41, 5.74) is 0.737. The molecule has 90 valence electrons. The van der Waals surface area contributed by atoms with Crippen molar-refractivity contribution in [2.24, 2.45) is 0 Å². The molecule has 0 aliphatic carbocycles. The van der Waals surface area contributed by atoms with E-state index in [2.05, 4.69) is 6.92 Å². The first-order valence-corrected chi connectivity index (χ1v) is 7.65. The van der Waals surface area contributed by atoms with Gasteiger partial charge in [-0.15, -0.1) is 35.1 Å². The summed E-state index contributed by atoms with van der Waals surface area (Å²) >= 11 is 9.34. The molecule has 2 rings (SSSR count). The van der Waals surface area contributed by atoms with Crippen molar-refractivity contribution in [2.45, 2.75) is 11.7 Å². The third-order valence-corrected chi connectivity index (χ3v) is 6.28. The highest BCUT2D eigenvalue weighted by Crippen LogP contribution is 2.49. The summed E-state index contributed by atoms with van der Waals surface area (Å²) < 4.78 is 1.14. The van der Waals surface area contributed by atoms with E-state index in [1.165, 1.54) is 0 Å². The first-order valence-electron chi connectivity index (χ1n) is 5.32. The van der Waals surface area contributed by atoms with E-state index in [-0.39, 0.29) is 10.5 Å². The zero-order valence-corrected chi connectivity index (χ0v) is 11.9. The van der Waals surface area contributed by atoms with Gasteiger partial charge in [-0.1, -0.05) is 30.3 Å². The predicted molar refractivity (Wildman–Crippen MR) is 78.0 cm³/mol. The van der Waals surface area contributed by atoms with Gasteiger partial charge in [0.2, 0.25) is 0 Å². The minimum Gasteiger partial charge on any atom is -0.289 e. The molecule has 1 nitrogen and oxygen atoms in total. The maximum atomic E-state index is 12.0. The third kappa shape index (κ3) is 3.30. The second-order valence-corrected chi connectivity index (χ2v) is 7.34. The Bertz CT molecular complexity index is 444. The topological polar surface area (TPSA) is 17.1 Å². The maximum Gasteiger partial charge on any atom is 0.187 e. The van der Waals surface area contributed by atoms with Crippen LogP contribution in [0, 0.1) is 0 Å². The van der Waals surface area contributed by atoms with Gasteiger partial charge in [0.25, 0.3) is 0 Å². The second kappa shape index (κ2) is 5.51. The normalized spacial score (nSPS) is 26.4. The molecule has 1 fully saturated rings. The van der Waals surface area contributed by atoms with Gasteiger partial charge in [0.05, 0.1) is 0 Å². The molecule has 0 aromatic heterocycles. The van der Waals surface area contributed by atoms with Crippen LogP contribution in [0.3, 0.4) is 0 Å². The van der Waals surface area contributed by atoms with E-state index in [9.17, 15) is 4.79 Å². The Morgan fingerprint density at radius 1 is 1.47 bits per heavy atom. The molecule has 1 aliphatic heterocycles. The van der Waals surface area contributed by atoms with Crippen LogP contribution in [0.2, 0.25) is 0 Å². The number of benzene rings is 1. The van der Waals surface area contributed by atoms with Gasteiger partial charge in [0.15, 0.2) is 5.78 Å². The number of ketones is 1. The number of carbonyl (C=O) groups is 1. The minimum absolute atomic E-state index is 0.0645. The fourth-order valence-electron chi connectivity index (χ4n) is 1.46. The van der Waals surface area contributed by atoms with E-state index in [1.807, 2.05) is 30.3 Å². The van der Waals surface area contributed by atoms with Crippen molar-refractivity contribution in [3.8, 4) is 0 Å². The lowest BCUT2D eigenvalue weighted by molar-refractivity contribution is 0.104. The lowest BCUT2D eigenvalue weighted by atomic mass is 10.1. The van der Waals surface area contributed by atoms with Crippen LogP contribution in [-0.2, 0) is 0 Å². The van der Waals surface area contributed by atoms with Crippen molar-refractivity contribution in [2.75, 3.05) is 11.6 Å². The molecule has 0 saturated carbocycles. The van der Waals surface area contributed by atoms with Crippen molar-refractivity contribution in [1.29, 1.82) is 0 Å². The van der Waals surface area contributed by atoms with Crippen molar-refractivity contribution >= 4 is 40.9 Å². The Morgan fingerprint density at radius 3 is 2.76 bits per heavy atom. The molecule has 1 heterocycles. The van der Waals surface area contributed by atoms with Gasteiger partial charge in [-0.25, -0.2) is 0 Å². The average molecular weight is 285 g/mol. The van der Waals surface area contributed by atoms with E-state index in [1.54, 1.807) is 29.6 Å². The van der Waals surface area contributed by atoms with Crippen LogP contribution >= 0.6 is 35.1 Å². The van der Waals surface area contributed by atoms with E-state index >= 15 is 0 Å². The maximum absolute atomic E-state index is 12.0. The second-order valence-electron chi connectivity index (χ2n) is 4.17. The largest absolute Gasteiger partial charge is 0.289 e. The SMILES string of the molecule is C[C@@]1(CCl)CS/C(=C/C(=O)c2ccccc2)S1. The molecule has 1 aromatic rings. The summed E-state index contributed by atoms with van der Waals surface area (Å²) in [7, 11) is 0.